The van der Waals surface area contributed by atoms with E-state index in [1.165, 1.54) is 0 Å². The minimum Gasteiger partial charge on any atom is -0.483 e. The Morgan fingerprint density at radius 1 is 1.19 bits per heavy atom. The second-order valence-corrected chi connectivity index (χ2v) is 6.03. The predicted octanol–water partition coefficient (Wildman–Crippen LogP) is 4.93. The van der Waals surface area contributed by atoms with Crippen LogP contribution in [0.5, 0.6) is 5.75 Å². The van der Waals surface area contributed by atoms with Crippen molar-refractivity contribution in [3.05, 3.63) is 58.3 Å². The maximum Gasteiger partial charge on any atom is 0.138 e. The minimum atomic E-state index is -0.630. The molecule has 0 fully saturated rings. The van der Waals surface area contributed by atoms with Gasteiger partial charge in [0.2, 0.25) is 0 Å². The molecule has 1 heterocycles. The summed E-state index contributed by atoms with van der Waals surface area (Å²) in [4.78, 5) is 4.12. The van der Waals surface area contributed by atoms with Gasteiger partial charge in [0.15, 0.2) is 0 Å². The van der Waals surface area contributed by atoms with Gasteiger partial charge < -0.3 is 9.47 Å². The molecule has 1 aromatic carbocycles. The molecule has 0 bridgehead atoms. The van der Waals surface area contributed by atoms with Gasteiger partial charge in [-0.1, -0.05) is 29.3 Å². The summed E-state index contributed by atoms with van der Waals surface area (Å²) in [5.74, 6) is 0.567. The Morgan fingerprint density at radius 3 is 2.52 bits per heavy atom. The van der Waals surface area contributed by atoms with E-state index in [4.69, 9.17) is 32.7 Å². The molecule has 0 aliphatic rings. The second-order valence-electron chi connectivity index (χ2n) is 5.18. The molecule has 21 heavy (non-hydrogen) atoms. The van der Waals surface area contributed by atoms with Gasteiger partial charge in [-0.3, -0.25) is 4.98 Å². The smallest absolute Gasteiger partial charge is 0.138 e. The van der Waals surface area contributed by atoms with E-state index in [-0.39, 0.29) is 6.10 Å². The Hall–Kier alpha value is -1.29. The van der Waals surface area contributed by atoms with Crippen LogP contribution in [0.2, 0.25) is 10.0 Å². The van der Waals surface area contributed by atoms with E-state index in [2.05, 4.69) is 4.98 Å². The van der Waals surface area contributed by atoms with Gasteiger partial charge in [-0.05, 0) is 38.1 Å². The highest BCUT2D eigenvalue weighted by Crippen LogP contribution is 2.36. The quantitative estimate of drug-likeness (QED) is 0.780. The van der Waals surface area contributed by atoms with Gasteiger partial charge in [0.05, 0.1) is 5.02 Å². The zero-order valence-electron chi connectivity index (χ0n) is 12.1. The van der Waals surface area contributed by atoms with Gasteiger partial charge in [0, 0.05) is 30.1 Å². The molecule has 2 rings (SSSR count). The van der Waals surface area contributed by atoms with Crippen LogP contribution in [0.15, 0.2) is 42.7 Å². The largest absolute Gasteiger partial charge is 0.483 e. The molecule has 0 N–H and O–H groups in total. The number of benzene rings is 1. The number of hydrogen-bond donors (Lipinski definition) is 0. The van der Waals surface area contributed by atoms with Crippen molar-refractivity contribution in [3.8, 4) is 5.75 Å². The van der Waals surface area contributed by atoms with Crippen LogP contribution in [0.1, 0.15) is 25.5 Å². The molecule has 3 nitrogen and oxygen atoms in total. The first-order valence-corrected chi connectivity index (χ1v) is 7.26. The number of nitrogens with zero attached hydrogens (tertiary/aromatic N) is 1. The van der Waals surface area contributed by atoms with Crippen molar-refractivity contribution in [3.63, 3.8) is 0 Å². The van der Waals surface area contributed by atoms with Crippen molar-refractivity contribution in [1.82, 2.24) is 4.98 Å². The molecule has 1 unspecified atom stereocenters. The highest BCUT2D eigenvalue weighted by atomic mass is 35.5. The fourth-order valence-corrected chi connectivity index (χ4v) is 2.69. The number of halogens is 2. The third-order valence-corrected chi connectivity index (χ3v) is 3.65. The summed E-state index contributed by atoms with van der Waals surface area (Å²) in [6.45, 7) is 3.89. The minimum absolute atomic E-state index is 0.280. The van der Waals surface area contributed by atoms with Crippen molar-refractivity contribution < 1.29 is 9.47 Å². The average Bonchev–Trinajstić information content (AvgIpc) is 2.43. The lowest BCUT2D eigenvalue weighted by Crippen LogP contribution is -2.37. The standard InChI is InChI=1S/C16H17Cl2NO2/c1-16(2,15(20-3)11-5-4-8-19-10-11)21-14-7-6-12(17)9-13(14)18/h4-10,15H,1-3H3. The van der Waals surface area contributed by atoms with E-state index in [1.807, 2.05) is 26.0 Å². The van der Waals surface area contributed by atoms with E-state index in [1.54, 1.807) is 37.7 Å². The molecule has 2 aromatic rings. The number of ether oxygens (including phenoxy) is 2. The van der Waals surface area contributed by atoms with Crippen molar-refractivity contribution in [2.45, 2.75) is 25.6 Å². The zero-order chi connectivity index (χ0) is 15.5. The van der Waals surface area contributed by atoms with Crippen molar-refractivity contribution in [2.24, 2.45) is 0 Å². The summed E-state index contributed by atoms with van der Waals surface area (Å²) in [5, 5.41) is 1.04. The summed E-state index contributed by atoms with van der Waals surface area (Å²) < 4.78 is 11.7. The predicted molar refractivity (Wildman–Crippen MR) is 85.2 cm³/mol. The SMILES string of the molecule is COC(c1cccnc1)C(C)(C)Oc1ccc(Cl)cc1Cl. The first-order chi connectivity index (χ1) is 9.94. The molecule has 0 aliphatic heterocycles. The van der Waals surface area contributed by atoms with Gasteiger partial charge in [-0.2, -0.15) is 0 Å². The van der Waals surface area contributed by atoms with Gasteiger partial charge in [0.25, 0.3) is 0 Å². The fraction of sp³-hybridized carbons (Fsp3) is 0.312. The molecule has 1 aromatic heterocycles. The molecule has 0 spiro atoms. The molecule has 0 radical (unpaired) electrons. The second kappa shape index (κ2) is 6.65. The Kier molecular flexibility index (Phi) is 5.09. The Balaban J connectivity index is 2.27. The van der Waals surface area contributed by atoms with Gasteiger partial charge in [-0.25, -0.2) is 0 Å². The number of aromatic nitrogens is 1. The first kappa shape index (κ1) is 16.1. The molecular formula is C16H17Cl2NO2. The summed E-state index contributed by atoms with van der Waals surface area (Å²) in [6.07, 6.45) is 3.21. The van der Waals surface area contributed by atoms with Crippen LogP contribution in [-0.2, 0) is 4.74 Å². The number of rotatable bonds is 5. The monoisotopic (exact) mass is 325 g/mol. The van der Waals surface area contributed by atoms with E-state index < -0.39 is 5.60 Å². The highest BCUT2D eigenvalue weighted by molar-refractivity contribution is 6.35. The highest BCUT2D eigenvalue weighted by Gasteiger charge is 2.34. The third-order valence-electron chi connectivity index (χ3n) is 3.12. The van der Waals surface area contributed by atoms with Gasteiger partial charge in [0.1, 0.15) is 17.5 Å². The van der Waals surface area contributed by atoms with Gasteiger partial charge >= 0.3 is 0 Å². The topological polar surface area (TPSA) is 31.4 Å². The van der Waals surface area contributed by atoms with E-state index in [0.29, 0.717) is 15.8 Å². The molecule has 0 saturated heterocycles. The van der Waals surface area contributed by atoms with Crippen LogP contribution in [0.4, 0.5) is 0 Å². The van der Waals surface area contributed by atoms with Crippen LogP contribution in [-0.4, -0.2) is 17.7 Å². The Bertz CT molecular complexity index is 602. The molecule has 0 amide bonds. The lowest BCUT2D eigenvalue weighted by Gasteiger charge is -2.34. The van der Waals surface area contributed by atoms with Crippen LogP contribution in [0, 0.1) is 0 Å². The zero-order valence-corrected chi connectivity index (χ0v) is 13.7. The van der Waals surface area contributed by atoms with Crippen molar-refractivity contribution in [2.75, 3.05) is 7.11 Å². The van der Waals surface area contributed by atoms with Crippen LogP contribution in [0.3, 0.4) is 0 Å². The third kappa shape index (κ3) is 3.88. The average molecular weight is 326 g/mol. The first-order valence-electron chi connectivity index (χ1n) is 6.51. The number of methoxy groups -OCH3 is 1. The molecule has 0 aliphatic carbocycles. The van der Waals surface area contributed by atoms with E-state index in [9.17, 15) is 0 Å². The molecule has 0 saturated carbocycles. The summed E-state index contributed by atoms with van der Waals surface area (Å²) >= 11 is 12.1. The molecule has 5 heteroatoms. The van der Waals surface area contributed by atoms with E-state index in [0.717, 1.165) is 5.56 Å². The van der Waals surface area contributed by atoms with E-state index >= 15 is 0 Å². The fourth-order valence-electron chi connectivity index (χ4n) is 2.25. The lowest BCUT2D eigenvalue weighted by atomic mass is 9.95. The summed E-state index contributed by atoms with van der Waals surface area (Å²) in [6, 6.07) is 8.97. The van der Waals surface area contributed by atoms with Crippen molar-refractivity contribution >= 4 is 23.2 Å². The Labute approximate surface area is 134 Å². The van der Waals surface area contributed by atoms with Crippen LogP contribution < -0.4 is 4.74 Å². The summed E-state index contributed by atoms with van der Waals surface area (Å²) in [7, 11) is 1.65. The summed E-state index contributed by atoms with van der Waals surface area (Å²) in [5.41, 5.74) is 0.310. The molecule has 1 atom stereocenters. The number of hydrogen-bond acceptors (Lipinski definition) is 3. The molecule has 112 valence electrons. The lowest BCUT2D eigenvalue weighted by molar-refractivity contribution is -0.0553. The Morgan fingerprint density at radius 2 is 1.95 bits per heavy atom. The number of pyridine rings is 1. The maximum absolute atomic E-state index is 6.17. The van der Waals surface area contributed by atoms with Crippen LogP contribution >= 0.6 is 23.2 Å². The van der Waals surface area contributed by atoms with Crippen molar-refractivity contribution in [1.29, 1.82) is 0 Å². The van der Waals surface area contributed by atoms with Crippen LogP contribution in [0.25, 0.3) is 0 Å². The van der Waals surface area contributed by atoms with Gasteiger partial charge in [-0.15, -0.1) is 0 Å². The molecular weight excluding hydrogens is 309 g/mol. The normalized spacial score (nSPS) is 13.0. The maximum atomic E-state index is 6.17.